The molecule has 0 aromatic carbocycles. The van der Waals surface area contributed by atoms with Crippen LogP contribution in [-0.4, -0.2) is 30.8 Å². The quantitative estimate of drug-likeness (QED) is 0.377. The fourth-order valence-electron chi connectivity index (χ4n) is 0.258. The van der Waals surface area contributed by atoms with Crippen LogP contribution >= 0.6 is 0 Å². The van der Waals surface area contributed by atoms with E-state index in [0.29, 0.717) is 0 Å². The molecule has 0 radical (unpaired) electrons. The number of amides is 3. The Morgan fingerprint density at radius 2 is 1.62 bits per heavy atom. The van der Waals surface area contributed by atoms with Gasteiger partial charge in [-0.1, -0.05) is 0 Å². The molecule has 0 aromatic heterocycles. The molecular formula is C6H14N4O3. The van der Waals surface area contributed by atoms with Gasteiger partial charge in [0.05, 0.1) is 13.1 Å². The van der Waals surface area contributed by atoms with Gasteiger partial charge in [-0.2, -0.15) is 0 Å². The van der Waals surface area contributed by atoms with Crippen LogP contribution in [0.4, 0.5) is 0 Å². The van der Waals surface area contributed by atoms with Crippen LogP contribution in [0.5, 0.6) is 0 Å². The van der Waals surface area contributed by atoms with Crippen molar-refractivity contribution in [3.05, 3.63) is 0 Å². The standard InChI is InChI=1S/C4H9N3O2.C2H5NO/c5-1-4(9)7-2-3(6)8;1-2(3)4/h1-2,5H2,(H2,6,8)(H,7,9);1H3,(H2,3,4). The number of hydrogen-bond donors (Lipinski definition) is 4. The van der Waals surface area contributed by atoms with Crippen LogP contribution in [-0.2, 0) is 14.4 Å². The van der Waals surface area contributed by atoms with Gasteiger partial charge in [0.1, 0.15) is 0 Å². The molecule has 0 saturated heterocycles. The zero-order chi connectivity index (χ0) is 10.9. The normalized spacial score (nSPS) is 7.85. The molecule has 0 saturated carbocycles. The number of nitrogens with one attached hydrogen (secondary N) is 1. The lowest BCUT2D eigenvalue weighted by atomic mass is 10.5. The van der Waals surface area contributed by atoms with Crippen molar-refractivity contribution < 1.29 is 14.4 Å². The maximum Gasteiger partial charge on any atom is 0.236 e. The van der Waals surface area contributed by atoms with Crippen LogP contribution in [0.25, 0.3) is 0 Å². The first-order valence-corrected chi connectivity index (χ1v) is 3.41. The minimum Gasteiger partial charge on any atom is -0.370 e. The van der Waals surface area contributed by atoms with E-state index in [1.807, 2.05) is 0 Å². The van der Waals surface area contributed by atoms with Crippen LogP contribution in [0.3, 0.4) is 0 Å². The van der Waals surface area contributed by atoms with E-state index < -0.39 is 5.91 Å². The van der Waals surface area contributed by atoms with Crippen molar-refractivity contribution in [1.82, 2.24) is 5.32 Å². The molecule has 13 heavy (non-hydrogen) atoms. The molecule has 0 spiro atoms. The van der Waals surface area contributed by atoms with Crippen LogP contribution in [0, 0.1) is 0 Å². The molecule has 0 aliphatic rings. The number of primary amides is 2. The lowest BCUT2D eigenvalue weighted by molar-refractivity contribution is -0.123. The van der Waals surface area contributed by atoms with Crippen molar-refractivity contribution in [3.63, 3.8) is 0 Å². The molecule has 0 rings (SSSR count). The van der Waals surface area contributed by atoms with Gasteiger partial charge in [0, 0.05) is 6.92 Å². The topological polar surface area (TPSA) is 141 Å². The highest BCUT2D eigenvalue weighted by Gasteiger charge is 1.96. The second kappa shape index (κ2) is 8.47. The van der Waals surface area contributed by atoms with E-state index in [-0.39, 0.29) is 24.9 Å². The Balaban J connectivity index is 0. The van der Waals surface area contributed by atoms with Gasteiger partial charge in [-0.3, -0.25) is 14.4 Å². The molecule has 7 heteroatoms. The van der Waals surface area contributed by atoms with Crippen molar-refractivity contribution in [2.45, 2.75) is 6.92 Å². The molecule has 0 unspecified atom stereocenters. The average molecular weight is 190 g/mol. The summed E-state index contributed by atoms with van der Waals surface area (Å²) in [5, 5.41) is 2.19. The van der Waals surface area contributed by atoms with E-state index in [1.165, 1.54) is 6.92 Å². The molecule has 0 aromatic rings. The third kappa shape index (κ3) is 25.2. The van der Waals surface area contributed by atoms with Crippen LogP contribution in [0.1, 0.15) is 6.92 Å². The summed E-state index contributed by atoms with van der Waals surface area (Å²) in [4.78, 5) is 29.5. The van der Waals surface area contributed by atoms with Gasteiger partial charge in [-0.15, -0.1) is 0 Å². The zero-order valence-electron chi connectivity index (χ0n) is 7.37. The fourth-order valence-corrected chi connectivity index (χ4v) is 0.258. The molecule has 7 nitrogen and oxygen atoms in total. The van der Waals surface area contributed by atoms with Crippen molar-refractivity contribution in [1.29, 1.82) is 0 Å². The monoisotopic (exact) mass is 190 g/mol. The Labute approximate surface area is 75.6 Å². The first kappa shape index (κ1) is 13.9. The van der Waals surface area contributed by atoms with E-state index >= 15 is 0 Å². The van der Waals surface area contributed by atoms with Crippen molar-refractivity contribution in [2.24, 2.45) is 17.2 Å². The van der Waals surface area contributed by atoms with E-state index in [1.54, 1.807) is 0 Å². The smallest absolute Gasteiger partial charge is 0.236 e. The van der Waals surface area contributed by atoms with E-state index in [4.69, 9.17) is 11.5 Å². The van der Waals surface area contributed by atoms with Gasteiger partial charge >= 0.3 is 0 Å². The number of rotatable bonds is 3. The minimum atomic E-state index is -0.572. The molecule has 0 bridgehead atoms. The number of hydrogen-bond acceptors (Lipinski definition) is 4. The predicted molar refractivity (Wildman–Crippen MR) is 46.1 cm³/mol. The second-order valence-electron chi connectivity index (χ2n) is 2.06. The Morgan fingerprint density at radius 1 is 1.23 bits per heavy atom. The summed E-state index contributed by atoms with van der Waals surface area (Å²) in [7, 11) is 0. The summed E-state index contributed by atoms with van der Waals surface area (Å²) in [6.45, 7) is 1.04. The Kier molecular flexibility index (Phi) is 9.07. The highest BCUT2D eigenvalue weighted by atomic mass is 16.2. The summed E-state index contributed by atoms with van der Waals surface area (Å²) in [5.74, 6) is -1.29. The number of nitrogens with two attached hydrogens (primary N) is 3. The third-order valence-corrected chi connectivity index (χ3v) is 0.645. The summed E-state index contributed by atoms with van der Waals surface area (Å²) < 4.78 is 0. The maximum absolute atomic E-state index is 10.3. The summed E-state index contributed by atoms with van der Waals surface area (Å²) in [5.41, 5.74) is 14.1. The summed E-state index contributed by atoms with van der Waals surface area (Å²) in [6, 6.07) is 0. The van der Waals surface area contributed by atoms with Crippen molar-refractivity contribution in [2.75, 3.05) is 13.1 Å². The molecule has 0 aliphatic carbocycles. The average Bonchev–Trinajstić information content (AvgIpc) is 1.99. The van der Waals surface area contributed by atoms with E-state index in [9.17, 15) is 14.4 Å². The van der Waals surface area contributed by atoms with Crippen LogP contribution in [0.15, 0.2) is 0 Å². The van der Waals surface area contributed by atoms with Gasteiger partial charge < -0.3 is 22.5 Å². The Bertz CT molecular complexity index is 188. The largest absolute Gasteiger partial charge is 0.370 e. The molecule has 0 heterocycles. The van der Waals surface area contributed by atoms with Gasteiger partial charge in [-0.05, 0) is 0 Å². The number of carbonyl (C=O) groups excluding carboxylic acids is 3. The Hall–Kier alpha value is -1.63. The van der Waals surface area contributed by atoms with Gasteiger partial charge in [-0.25, -0.2) is 0 Å². The highest BCUT2D eigenvalue weighted by molar-refractivity contribution is 5.84. The molecular weight excluding hydrogens is 176 g/mol. The first-order valence-electron chi connectivity index (χ1n) is 3.41. The minimum absolute atomic E-state index is 0.118. The molecule has 0 fully saturated rings. The molecule has 7 N–H and O–H groups in total. The van der Waals surface area contributed by atoms with Crippen LogP contribution < -0.4 is 22.5 Å². The van der Waals surface area contributed by atoms with E-state index in [2.05, 4.69) is 11.1 Å². The van der Waals surface area contributed by atoms with Crippen molar-refractivity contribution in [3.8, 4) is 0 Å². The van der Waals surface area contributed by atoms with Crippen LogP contribution in [0.2, 0.25) is 0 Å². The van der Waals surface area contributed by atoms with E-state index in [0.717, 1.165) is 0 Å². The first-order chi connectivity index (χ1) is 5.90. The number of carbonyl (C=O) groups is 3. The molecule has 0 aliphatic heterocycles. The second-order valence-corrected chi connectivity index (χ2v) is 2.06. The van der Waals surface area contributed by atoms with Gasteiger partial charge in [0.25, 0.3) is 0 Å². The highest BCUT2D eigenvalue weighted by Crippen LogP contribution is 1.57. The third-order valence-electron chi connectivity index (χ3n) is 0.645. The Morgan fingerprint density at radius 3 is 1.85 bits per heavy atom. The van der Waals surface area contributed by atoms with Crippen molar-refractivity contribution >= 4 is 17.7 Å². The van der Waals surface area contributed by atoms with Gasteiger partial charge in [0.15, 0.2) is 0 Å². The fraction of sp³-hybridized carbons (Fsp3) is 0.500. The lowest BCUT2D eigenvalue weighted by Crippen LogP contribution is -2.36. The zero-order valence-corrected chi connectivity index (χ0v) is 7.37. The molecule has 3 amide bonds. The lowest BCUT2D eigenvalue weighted by Gasteiger charge is -1.96. The predicted octanol–water partition coefficient (Wildman–Crippen LogP) is -2.96. The molecule has 76 valence electrons. The summed E-state index contributed by atoms with van der Waals surface area (Å²) in [6.07, 6.45) is 0. The van der Waals surface area contributed by atoms with Gasteiger partial charge in [0.2, 0.25) is 17.7 Å². The maximum atomic E-state index is 10.3. The SMILES string of the molecule is CC(N)=O.NCC(=O)NCC(N)=O. The molecule has 0 atom stereocenters. The summed E-state index contributed by atoms with van der Waals surface area (Å²) >= 11 is 0.